The van der Waals surface area contributed by atoms with E-state index in [9.17, 15) is 4.79 Å². The second kappa shape index (κ2) is 8.22. The maximum atomic E-state index is 13.8. The number of benzene rings is 2. The van der Waals surface area contributed by atoms with Crippen LogP contribution in [0, 0.1) is 19.8 Å². The van der Waals surface area contributed by atoms with Crippen LogP contribution in [0.3, 0.4) is 0 Å². The van der Waals surface area contributed by atoms with Crippen LogP contribution >= 0.6 is 22.7 Å². The van der Waals surface area contributed by atoms with Crippen LogP contribution in [0.2, 0.25) is 0 Å². The third-order valence-electron chi connectivity index (χ3n) is 6.73. The molecule has 7 rings (SSSR count). The number of nitrogens with zero attached hydrogens (tertiary/aromatic N) is 3. The molecule has 1 atom stereocenters. The normalized spacial score (nSPS) is 21.8. The number of fused-ring (bicyclic) bond motifs is 3. The summed E-state index contributed by atoms with van der Waals surface area (Å²) >= 11 is 3.16. The van der Waals surface area contributed by atoms with Crippen molar-refractivity contribution in [1.29, 1.82) is 0 Å². The van der Waals surface area contributed by atoms with Crippen LogP contribution < -0.4 is 4.74 Å². The van der Waals surface area contributed by atoms with E-state index in [2.05, 4.69) is 46.1 Å². The van der Waals surface area contributed by atoms with Crippen LogP contribution in [0.5, 0.6) is 5.19 Å². The average Bonchev–Trinajstić information content (AvgIpc) is 3.39. The van der Waals surface area contributed by atoms with Gasteiger partial charge in [-0.05, 0) is 62.3 Å². The van der Waals surface area contributed by atoms with Gasteiger partial charge < -0.3 is 9.64 Å². The lowest BCUT2D eigenvalue weighted by Crippen LogP contribution is -2.60. The molecule has 1 unspecified atom stereocenters. The predicted molar refractivity (Wildman–Crippen MR) is 133 cm³/mol. The smallest absolute Gasteiger partial charge is 0.274 e. The minimum absolute atomic E-state index is 0.0369. The average molecular weight is 476 g/mol. The van der Waals surface area contributed by atoms with Crippen LogP contribution in [0.1, 0.15) is 40.3 Å². The van der Waals surface area contributed by atoms with Crippen molar-refractivity contribution in [3.63, 3.8) is 0 Å². The molecule has 1 saturated carbocycles. The van der Waals surface area contributed by atoms with Gasteiger partial charge in [-0.2, -0.15) is 0 Å². The molecule has 4 heterocycles. The van der Waals surface area contributed by atoms with Gasteiger partial charge >= 0.3 is 0 Å². The number of thiazole rings is 2. The zero-order valence-electron chi connectivity index (χ0n) is 18.7. The Labute approximate surface area is 201 Å². The SMILES string of the molecule is Cc1ccc2nc(OCC3CC4CC(C4)N3C(=O)c3nc(C)sc3-c3ccccc3)sc2c1. The number of ether oxygens (including phenoxy) is 1. The zero-order valence-corrected chi connectivity index (χ0v) is 20.3. The predicted octanol–water partition coefficient (Wildman–Crippen LogP) is 6.11. The lowest BCUT2D eigenvalue weighted by atomic mass is 9.70. The Hall–Kier alpha value is -2.77. The highest BCUT2D eigenvalue weighted by molar-refractivity contribution is 7.20. The van der Waals surface area contributed by atoms with E-state index in [-0.39, 0.29) is 18.0 Å². The molecule has 5 nitrogen and oxygen atoms in total. The number of carbonyl (C=O) groups excluding carboxylic acids is 1. The number of aromatic nitrogens is 2. The molecule has 2 saturated heterocycles. The molecule has 0 N–H and O–H groups in total. The lowest BCUT2D eigenvalue weighted by molar-refractivity contribution is -0.0308. The van der Waals surface area contributed by atoms with Crippen molar-refractivity contribution in [1.82, 2.24) is 14.9 Å². The first-order valence-electron chi connectivity index (χ1n) is 11.4. The van der Waals surface area contributed by atoms with E-state index in [4.69, 9.17) is 4.74 Å². The van der Waals surface area contributed by atoms with Gasteiger partial charge in [0.2, 0.25) is 0 Å². The molecule has 33 heavy (non-hydrogen) atoms. The van der Waals surface area contributed by atoms with E-state index in [0.29, 0.717) is 23.4 Å². The molecule has 2 aromatic carbocycles. The first-order chi connectivity index (χ1) is 16.0. The van der Waals surface area contributed by atoms with Crippen molar-refractivity contribution < 1.29 is 9.53 Å². The van der Waals surface area contributed by atoms with Crippen LogP contribution in [0.15, 0.2) is 48.5 Å². The molecule has 4 aromatic rings. The Kier molecular flexibility index (Phi) is 5.18. The lowest BCUT2D eigenvalue weighted by Gasteiger charge is -2.53. The van der Waals surface area contributed by atoms with Gasteiger partial charge in [0.15, 0.2) is 0 Å². The van der Waals surface area contributed by atoms with Gasteiger partial charge in [0.1, 0.15) is 12.3 Å². The first-order valence-corrected chi connectivity index (χ1v) is 13.0. The highest BCUT2D eigenvalue weighted by Crippen LogP contribution is 2.44. The second-order valence-corrected chi connectivity index (χ2v) is 11.3. The molecular weight excluding hydrogens is 450 g/mol. The Morgan fingerprint density at radius 2 is 1.88 bits per heavy atom. The second-order valence-electron chi connectivity index (χ2n) is 9.13. The fourth-order valence-corrected chi connectivity index (χ4v) is 6.95. The van der Waals surface area contributed by atoms with Gasteiger partial charge in [-0.25, -0.2) is 9.97 Å². The minimum Gasteiger partial charge on any atom is -0.468 e. The van der Waals surface area contributed by atoms with Crippen molar-refractivity contribution in [3.8, 4) is 15.6 Å². The molecule has 2 aliphatic heterocycles. The summed E-state index contributed by atoms with van der Waals surface area (Å²) < 4.78 is 7.31. The number of carbonyl (C=O) groups is 1. The zero-order chi connectivity index (χ0) is 22.5. The molecule has 3 fully saturated rings. The van der Waals surface area contributed by atoms with Gasteiger partial charge in [0, 0.05) is 6.04 Å². The third-order valence-corrected chi connectivity index (χ3v) is 8.68. The summed E-state index contributed by atoms with van der Waals surface area (Å²) in [5, 5.41) is 1.59. The fraction of sp³-hybridized carbons (Fsp3) is 0.346. The Morgan fingerprint density at radius 1 is 1.06 bits per heavy atom. The van der Waals surface area contributed by atoms with Gasteiger partial charge in [-0.3, -0.25) is 4.79 Å². The summed E-state index contributed by atoms with van der Waals surface area (Å²) in [6.45, 7) is 4.53. The third kappa shape index (κ3) is 3.83. The highest BCUT2D eigenvalue weighted by atomic mass is 32.1. The summed E-state index contributed by atoms with van der Waals surface area (Å²) in [4.78, 5) is 26.2. The molecule has 1 aliphatic carbocycles. The van der Waals surface area contributed by atoms with E-state index >= 15 is 0 Å². The van der Waals surface area contributed by atoms with Crippen molar-refractivity contribution in [2.24, 2.45) is 5.92 Å². The summed E-state index contributed by atoms with van der Waals surface area (Å²) in [7, 11) is 0. The largest absolute Gasteiger partial charge is 0.468 e. The quantitative estimate of drug-likeness (QED) is 0.349. The molecule has 0 spiro atoms. The standard InChI is InChI=1S/C26H25N3O2S2/c1-15-8-9-21-22(10-15)33-26(28-21)31-14-20-13-17-11-19(12-17)29(20)25(30)23-24(32-16(2)27-23)18-6-4-3-5-7-18/h3-10,17,19-20H,11-14H2,1-2H3. The van der Waals surface area contributed by atoms with Crippen LogP contribution in [0.4, 0.5) is 0 Å². The minimum atomic E-state index is 0.0369. The van der Waals surface area contributed by atoms with Crippen molar-refractivity contribution in [2.75, 3.05) is 6.61 Å². The summed E-state index contributed by atoms with van der Waals surface area (Å²) in [5.74, 6) is 0.728. The maximum Gasteiger partial charge on any atom is 0.274 e. The number of rotatable bonds is 5. The molecule has 2 bridgehead atoms. The van der Waals surface area contributed by atoms with Crippen molar-refractivity contribution >= 4 is 38.8 Å². The Morgan fingerprint density at radius 3 is 2.70 bits per heavy atom. The van der Waals surface area contributed by atoms with E-state index in [0.717, 1.165) is 44.9 Å². The van der Waals surface area contributed by atoms with Crippen molar-refractivity contribution in [3.05, 3.63) is 64.8 Å². The van der Waals surface area contributed by atoms with Gasteiger partial charge in [0.25, 0.3) is 11.1 Å². The molecule has 0 radical (unpaired) electrons. The molecule has 168 valence electrons. The van der Waals surface area contributed by atoms with Gasteiger partial charge in [0.05, 0.1) is 26.1 Å². The summed E-state index contributed by atoms with van der Waals surface area (Å²) in [5.41, 5.74) is 3.81. The molecule has 1 amide bonds. The molecule has 2 aromatic heterocycles. The highest BCUT2D eigenvalue weighted by Gasteiger charge is 2.47. The number of piperidine rings is 2. The monoisotopic (exact) mass is 475 g/mol. The number of hydrogen-bond acceptors (Lipinski definition) is 6. The van der Waals surface area contributed by atoms with E-state index in [1.54, 1.807) is 22.7 Å². The van der Waals surface area contributed by atoms with Gasteiger partial charge in [-0.15, -0.1) is 11.3 Å². The van der Waals surface area contributed by atoms with E-state index < -0.39 is 0 Å². The van der Waals surface area contributed by atoms with Crippen molar-refractivity contribution in [2.45, 2.75) is 45.2 Å². The Bertz CT molecular complexity index is 1320. The van der Waals surface area contributed by atoms with Crippen LogP contribution in [-0.2, 0) is 0 Å². The van der Waals surface area contributed by atoms with Crippen LogP contribution in [-0.4, -0.2) is 39.5 Å². The summed E-state index contributed by atoms with van der Waals surface area (Å²) in [6, 6.07) is 16.7. The number of hydrogen-bond donors (Lipinski definition) is 0. The maximum absolute atomic E-state index is 13.8. The molecular formula is C26H25N3O2S2. The van der Waals surface area contributed by atoms with Gasteiger partial charge in [-0.1, -0.05) is 47.7 Å². The fourth-order valence-electron chi connectivity index (χ4n) is 5.12. The van der Waals surface area contributed by atoms with Crippen LogP contribution in [0.25, 0.3) is 20.7 Å². The number of aryl methyl sites for hydroxylation is 2. The summed E-state index contributed by atoms with van der Waals surface area (Å²) in [6.07, 6.45) is 3.16. The van der Waals surface area contributed by atoms with E-state index in [1.807, 2.05) is 31.2 Å². The number of amides is 1. The molecule has 7 heteroatoms. The first kappa shape index (κ1) is 20.8. The van der Waals surface area contributed by atoms with E-state index in [1.165, 1.54) is 5.56 Å². The topological polar surface area (TPSA) is 55.3 Å². The molecule has 3 aliphatic rings. The Balaban J connectivity index is 1.26.